The first-order valence-corrected chi connectivity index (χ1v) is 4.32. The molecule has 1 rings (SSSR count). The van der Waals surface area contributed by atoms with Gasteiger partial charge in [-0.25, -0.2) is 0 Å². The van der Waals surface area contributed by atoms with Crippen LogP contribution in [0.15, 0.2) is 30.3 Å². The molecule has 0 nitrogen and oxygen atoms in total. The molecule has 0 amide bonds. The van der Waals surface area contributed by atoms with Gasteiger partial charge >= 0.3 is 6.68 Å². The van der Waals surface area contributed by atoms with Crippen LogP contribution in [0.3, 0.4) is 0 Å². The zero-order chi connectivity index (χ0) is 11.2. The number of rotatable bonds is 0. The summed E-state index contributed by atoms with van der Waals surface area (Å²) in [4.78, 5) is 0. The van der Waals surface area contributed by atoms with E-state index in [4.69, 9.17) is 0 Å². The second kappa shape index (κ2) is 5.68. The van der Waals surface area contributed by atoms with Crippen LogP contribution in [-0.2, 0) is 5.41 Å². The molecule has 0 fully saturated rings. The smallest absolute Gasteiger partial charge is 0.174 e. The predicted octanol–water partition coefficient (Wildman–Crippen LogP) is 4.16. The van der Waals surface area contributed by atoms with Crippen molar-refractivity contribution in [2.24, 2.45) is 0 Å². The first-order valence-electron chi connectivity index (χ1n) is 4.32. The van der Waals surface area contributed by atoms with Gasteiger partial charge in [0.15, 0.2) is 0 Å². The molecule has 0 aliphatic rings. The van der Waals surface area contributed by atoms with Gasteiger partial charge in [0.25, 0.3) is 0 Å². The van der Waals surface area contributed by atoms with Gasteiger partial charge in [-0.05, 0) is 11.0 Å². The van der Waals surface area contributed by atoms with E-state index in [0.717, 1.165) is 0 Å². The van der Waals surface area contributed by atoms with Crippen LogP contribution in [0.1, 0.15) is 26.3 Å². The summed E-state index contributed by atoms with van der Waals surface area (Å²) in [6.07, 6.45) is 0. The van der Waals surface area contributed by atoms with Gasteiger partial charge in [0.2, 0.25) is 0 Å². The third-order valence-electron chi connectivity index (χ3n) is 1.64. The van der Waals surface area contributed by atoms with Crippen LogP contribution in [-0.4, -0.2) is 6.68 Å². The monoisotopic (exact) mass is 204 g/mol. The Hall–Kier alpha value is -0.990. The van der Waals surface area contributed by atoms with E-state index >= 15 is 0 Å². The molecular weight excluding hydrogens is 189 g/mol. The van der Waals surface area contributed by atoms with E-state index in [2.05, 4.69) is 51.1 Å². The van der Waals surface area contributed by atoms with E-state index < -0.39 is 6.68 Å². The maximum Gasteiger partial charge on any atom is 0.379 e. The number of benzene rings is 1. The summed E-state index contributed by atoms with van der Waals surface area (Å²) in [6.45, 7) is 3.01. The van der Waals surface area contributed by atoms with Crippen molar-refractivity contribution in [1.29, 1.82) is 0 Å². The van der Waals surface area contributed by atoms with Gasteiger partial charge < -0.3 is 0 Å². The Morgan fingerprint density at radius 1 is 0.929 bits per heavy atom. The molecule has 3 heteroatoms. The number of hydrogen-bond donors (Lipinski definition) is 0. The highest BCUT2D eigenvalue weighted by atomic mass is 19.4. The van der Waals surface area contributed by atoms with Gasteiger partial charge in [0.1, 0.15) is 0 Å². The third kappa shape index (κ3) is 6.52. The summed E-state index contributed by atoms with van der Waals surface area (Å²) in [5, 5.41) is 0. The topological polar surface area (TPSA) is 0 Å². The van der Waals surface area contributed by atoms with Crippen molar-refractivity contribution in [3.8, 4) is 0 Å². The largest absolute Gasteiger partial charge is 0.379 e. The summed E-state index contributed by atoms with van der Waals surface area (Å²) in [5.74, 6) is 0. The van der Waals surface area contributed by atoms with Crippen molar-refractivity contribution in [3.63, 3.8) is 0 Å². The maximum absolute atomic E-state index is 9.67. The summed E-state index contributed by atoms with van der Waals surface area (Å²) in [7, 11) is 0. The van der Waals surface area contributed by atoms with Crippen molar-refractivity contribution in [2.45, 2.75) is 32.9 Å². The van der Waals surface area contributed by atoms with Gasteiger partial charge in [0.05, 0.1) is 0 Å². The third-order valence-corrected chi connectivity index (χ3v) is 1.64. The molecule has 14 heavy (non-hydrogen) atoms. The molecule has 0 aromatic heterocycles. The number of hydrogen-bond acceptors (Lipinski definition) is 0. The molecule has 0 radical (unpaired) electrons. The highest BCUT2D eigenvalue weighted by molar-refractivity contribution is 5.21. The van der Waals surface area contributed by atoms with Crippen LogP contribution in [0.5, 0.6) is 0 Å². The molecule has 1 aromatic rings. The lowest BCUT2D eigenvalue weighted by Gasteiger charge is -2.18. The fourth-order valence-electron chi connectivity index (χ4n) is 0.938. The first-order chi connectivity index (χ1) is 6.34. The summed E-state index contributed by atoms with van der Waals surface area (Å²) >= 11 is 0. The molecule has 0 saturated heterocycles. The Bertz CT molecular complexity index is 234. The minimum Gasteiger partial charge on any atom is -0.174 e. The van der Waals surface area contributed by atoms with Gasteiger partial charge in [-0.3, -0.25) is 0 Å². The lowest BCUT2D eigenvalue weighted by Crippen LogP contribution is -2.10. The van der Waals surface area contributed by atoms with Crippen LogP contribution in [0.4, 0.5) is 13.2 Å². The zero-order valence-corrected chi connectivity index (χ0v) is 8.60. The van der Waals surface area contributed by atoms with E-state index in [9.17, 15) is 13.2 Å². The van der Waals surface area contributed by atoms with Crippen LogP contribution >= 0.6 is 0 Å². The normalized spacial score (nSPS) is 10.8. The van der Waals surface area contributed by atoms with Gasteiger partial charge in [-0.1, -0.05) is 51.1 Å². The SMILES string of the molecule is CC(C)(C)c1ccccc1.FC(F)F. The average Bonchev–Trinajstić information content (AvgIpc) is 2.03. The van der Waals surface area contributed by atoms with Crippen LogP contribution in [0.25, 0.3) is 0 Å². The molecule has 0 N–H and O–H groups in total. The van der Waals surface area contributed by atoms with E-state index in [1.165, 1.54) is 5.56 Å². The molecule has 0 saturated carbocycles. The lowest BCUT2D eigenvalue weighted by molar-refractivity contribution is 0.00819. The molecule has 0 aliphatic carbocycles. The fraction of sp³-hybridized carbons (Fsp3) is 0.455. The quantitative estimate of drug-likeness (QED) is 0.595. The Morgan fingerprint density at radius 3 is 1.50 bits per heavy atom. The Balaban J connectivity index is 0.000000364. The fourth-order valence-corrected chi connectivity index (χ4v) is 0.938. The van der Waals surface area contributed by atoms with Crippen molar-refractivity contribution in [1.82, 2.24) is 0 Å². The maximum atomic E-state index is 9.67. The molecule has 0 spiro atoms. The highest BCUT2D eigenvalue weighted by Crippen LogP contribution is 2.20. The first kappa shape index (κ1) is 13.0. The van der Waals surface area contributed by atoms with E-state index in [1.54, 1.807) is 0 Å². The van der Waals surface area contributed by atoms with E-state index in [0.29, 0.717) is 5.41 Å². The number of alkyl halides is 3. The van der Waals surface area contributed by atoms with E-state index in [1.807, 2.05) is 0 Å². The molecule has 0 unspecified atom stereocenters. The zero-order valence-electron chi connectivity index (χ0n) is 8.60. The molecule has 0 bridgehead atoms. The second-order valence-corrected chi connectivity index (χ2v) is 3.86. The standard InChI is InChI=1S/C10H14.CHF3/c1-10(2,3)9-7-5-4-6-8-9;2-1(3)4/h4-8H,1-3H3;1H. The molecule has 0 aliphatic heterocycles. The second-order valence-electron chi connectivity index (χ2n) is 3.86. The highest BCUT2D eigenvalue weighted by Gasteiger charge is 2.11. The summed E-state index contributed by atoms with van der Waals surface area (Å²) in [5.41, 5.74) is 1.69. The molecule has 1 aromatic carbocycles. The van der Waals surface area contributed by atoms with Crippen molar-refractivity contribution in [2.75, 3.05) is 0 Å². The Labute approximate surface area is 82.8 Å². The molecule has 80 valence electrons. The van der Waals surface area contributed by atoms with Crippen molar-refractivity contribution < 1.29 is 13.2 Å². The van der Waals surface area contributed by atoms with Crippen LogP contribution in [0.2, 0.25) is 0 Å². The van der Waals surface area contributed by atoms with Crippen LogP contribution in [0, 0.1) is 0 Å². The Morgan fingerprint density at radius 2 is 1.29 bits per heavy atom. The minimum absolute atomic E-state index is 0.293. The van der Waals surface area contributed by atoms with Gasteiger partial charge in [-0.2, -0.15) is 13.2 Å². The van der Waals surface area contributed by atoms with Crippen molar-refractivity contribution in [3.05, 3.63) is 35.9 Å². The average molecular weight is 204 g/mol. The van der Waals surface area contributed by atoms with Crippen LogP contribution < -0.4 is 0 Å². The Kier molecular flexibility index (Phi) is 5.28. The number of halogens is 3. The van der Waals surface area contributed by atoms with E-state index in [-0.39, 0.29) is 0 Å². The van der Waals surface area contributed by atoms with Gasteiger partial charge in [-0.15, -0.1) is 0 Å². The predicted molar refractivity (Wildman–Crippen MR) is 52.3 cm³/mol. The molecule has 0 heterocycles. The summed E-state index contributed by atoms with van der Waals surface area (Å²) in [6, 6.07) is 10.6. The molecule has 0 atom stereocenters. The van der Waals surface area contributed by atoms with Crippen molar-refractivity contribution >= 4 is 0 Å². The summed E-state index contributed by atoms with van der Waals surface area (Å²) < 4.78 is 29.0. The van der Waals surface area contributed by atoms with Gasteiger partial charge in [0, 0.05) is 0 Å². The lowest BCUT2D eigenvalue weighted by atomic mass is 9.87. The minimum atomic E-state index is -3.67. The molecular formula is C11H15F3.